The summed E-state index contributed by atoms with van der Waals surface area (Å²) in [6.07, 6.45) is 21.2. The van der Waals surface area contributed by atoms with E-state index in [9.17, 15) is 0 Å². The minimum absolute atomic E-state index is 1.08. The van der Waals surface area contributed by atoms with Gasteiger partial charge in [0.05, 0.1) is 0 Å². The van der Waals surface area contributed by atoms with Gasteiger partial charge >= 0.3 is 0 Å². The van der Waals surface area contributed by atoms with Crippen molar-refractivity contribution in [1.82, 2.24) is 9.80 Å². The van der Waals surface area contributed by atoms with Gasteiger partial charge in [0.2, 0.25) is 0 Å². The van der Waals surface area contributed by atoms with Crippen LogP contribution in [0, 0.1) is 0 Å². The number of hydrogen-bond donors (Lipinski definition) is 0. The number of rotatable bonds is 6. The van der Waals surface area contributed by atoms with Gasteiger partial charge < -0.3 is 9.80 Å². The Morgan fingerprint density at radius 3 is 1.59 bits per heavy atom. The molecule has 0 saturated heterocycles. The molecule has 0 spiro atoms. The fraction of sp³-hybridized carbons (Fsp3) is 0.467. The first-order valence-corrected chi connectivity index (χ1v) is 6.60. The van der Waals surface area contributed by atoms with Gasteiger partial charge in [-0.05, 0) is 43.8 Å². The summed E-state index contributed by atoms with van der Waals surface area (Å²) >= 11 is 0. The van der Waals surface area contributed by atoms with Crippen molar-refractivity contribution in [3.05, 3.63) is 48.9 Å². The van der Waals surface area contributed by atoms with Crippen molar-refractivity contribution in [3.8, 4) is 0 Å². The van der Waals surface area contributed by atoms with Gasteiger partial charge in [-0.15, -0.1) is 0 Å². The SMILES string of the molecule is C1=CCN(CCCCCN2C=CC=CC2)C=C1. The third-order valence-electron chi connectivity index (χ3n) is 3.16. The monoisotopic (exact) mass is 230 g/mol. The Labute approximate surface area is 105 Å². The van der Waals surface area contributed by atoms with Gasteiger partial charge in [0, 0.05) is 26.2 Å². The zero-order valence-electron chi connectivity index (χ0n) is 10.5. The van der Waals surface area contributed by atoms with E-state index in [2.05, 4.69) is 58.7 Å². The van der Waals surface area contributed by atoms with Crippen LogP contribution in [0.4, 0.5) is 0 Å². The Hall–Kier alpha value is -1.44. The molecular formula is C15H22N2. The molecule has 0 aromatic rings. The van der Waals surface area contributed by atoms with Crippen molar-refractivity contribution in [2.75, 3.05) is 26.2 Å². The number of allylic oxidation sites excluding steroid dienone is 4. The van der Waals surface area contributed by atoms with Crippen LogP contribution in [0.15, 0.2) is 48.9 Å². The molecule has 2 aliphatic heterocycles. The summed E-state index contributed by atoms with van der Waals surface area (Å²) in [5, 5.41) is 0. The highest BCUT2D eigenvalue weighted by Gasteiger charge is 2.01. The molecular weight excluding hydrogens is 208 g/mol. The lowest BCUT2D eigenvalue weighted by Gasteiger charge is -2.22. The molecule has 0 aromatic heterocycles. The molecule has 2 rings (SSSR count). The van der Waals surface area contributed by atoms with E-state index in [1.807, 2.05) is 0 Å². The fourth-order valence-electron chi connectivity index (χ4n) is 2.15. The maximum atomic E-state index is 2.38. The summed E-state index contributed by atoms with van der Waals surface area (Å²) in [5.41, 5.74) is 0. The van der Waals surface area contributed by atoms with Crippen LogP contribution >= 0.6 is 0 Å². The van der Waals surface area contributed by atoms with Gasteiger partial charge in [-0.2, -0.15) is 0 Å². The van der Waals surface area contributed by atoms with E-state index >= 15 is 0 Å². The van der Waals surface area contributed by atoms with Crippen molar-refractivity contribution in [2.24, 2.45) is 0 Å². The molecule has 2 heterocycles. The number of hydrogen-bond acceptors (Lipinski definition) is 2. The Kier molecular flexibility index (Phi) is 4.95. The molecule has 0 unspecified atom stereocenters. The maximum Gasteiger partial charge on any atom is 0.0357 e. The highest BCUT2D eigenvalue weighted by molar-refractivity contribution is 5.09. The molecule has 2 nitrogen and oxygen atoms in total. The van der Waals surface area contributed by atoms with Crippen molar-refractivity contribution >= 4 is 0 Å². The van der Waals surface area contributed by atoms with E-state index in [1.165, 1.54) is 32.4 Å². The van der Waals surface area contributed by atoms with E-state index < -0.39 is 0 Å². The molecule has 0 bridgehead atoms. The lowest BCUT2D eigenvalue weighted by atomic mass is 10.2. The summed E-state index contributed by atoms with van der Waals surface area (Å²) in [6.45, 7) is 4.54. The van der Waals surface area contributed by atoms with Crippen LogP contribution in [0.2, 0.25) is 0 Å². The first-order valence-electron chi connectivity index (χ1n) is 6.60. The molecule has 2 heteroatoms. The smallest absolute Gasteiger partial charge is 0.0357 e. The quantitative estimate of drug-likeness (QED) is 0.647. The van der Waals surface area contributed by atoms with Gasteiger partial charge in [0.25, 0.3) is 0 Å². The Morgan fingerprint density at radius 2 is 1.18 bits per heavy atom. The van der Waals surface area contributed by atoms with Gasteiger partial charge in [-0.1, -0.05) is 24.3 Å². The van der Waals surface area contributed by atoms with Crippen molar-refractivity contribution in [1.29, 1.82) is 0 Å². The number of unbranched alkanes of at least 4 members (excludes halogenated alkanes) is 2. The zero-order valence-corrected chi connectivity index (χ0v) is 10.5. The van der Waals surface area contributed by atoms with Crippen molar-refractivity contribution < 1.29 is 0 Å². The van der Waals surface area contributed by atoms with Crippen molar-refractivity contribution in [2.45, 2.75) is 19.3 Å². The first-order chi connectivity index (χ1) is 8.45. The molecule has 0 N–H and O–H groups in total. The van der Waals surface area contributed by atoms with Gasteiger partial charge in [-0.3, -0.25) is 0 Å². The predicted octanol–water partition coefficient (Wildman–Crippen LogP) is 2.93. The van der Waals surface area contributed by atoms with Crippen LogP contribution in [-0.2, 0) is 0 Å². The average Bonchev–Trinajstić information content (AvgIpc) is 2.41. The number of nitrogens with zero attached hydrogens (tertiary/aromatic N) is 2. The van der Waals surface area contributed by atoms with E-state index in [1.54, 1.807) is 0 Å². The third-order valence-corrected chi connectivity index (χ3v) is 3.16. The predicted molar refractivity (Wildman–Crippen MR) is 73.6 cm³/mol. The second-order valence-electron chi connectivity index (χ2n) is 4.59. The summed E-state index contributed by atoms with van der Waals surface area (Å²) < 4.78 is 0. The van der Waals surface area contributed by atoms with Crippen LogP contribution in [0.3, 0.4) is 0 Å². The van der Waals surface area contributed by atoms with Crippen LogP contribution in [0.5, 0.6) is 0 Å². The third kappa shape index (κ3) is 4.51. The average molecular weight is 230 g/mol. The molecule has 0 amide bonds. The molecule has 0 radical (unpaired) electrons. The molecule has 0 fully saturated rings. The molecule has 0 atom stereocenters. The topological polar surface area (TPSA) is 6.48 Å². The van der Waals surface area contributed by atoms with Crippen LogP contribution in [0.1, 0.15) is 19.3 Å². The van der Waals surface area contributed by atoms with Gasteiger partial charge in [0.1, 0.15) is 0 Å². The summed E-state index contributed by atoms with van der Waals surface area (Å²) in [6, 6.07) is 0. The van der Waals surface area contributed by atoms with E-state index in [4.69, 9.17) is 0 Å². The Bertz CT molecular complexity index is 294. The standard InChI is InChI=1S/C15H22N2/c1-4-10-16(11-5-1)14-8-3-9-15-17-12-6-2-7-13-17/h1-2,4-7,10,12H,3,8-9,11,13-15H2. The minimum atomic E-state index is 1.08. The summed E-state index contributed by atoms with van der Waals surface area (Å²) in [5.74, 6) is 0. The second-order valence-corrected chi connectivity index (χ2v) is 4.59. The largest absolute Gasteiger partial charge is 0.374 e. The van der Waals surface area contributed by atoms with Gasteiger partial charge in [0.15, 0.2) is 0 Å². The second kappa shape index (κ2) is 7.00. The fourth-order valence-corrected chi connectivity index (χ4v) is 2.15. The molecule has 92 valence electrons. The lowest BCUT2D eigenvalue weighted by Crippen LogP contribution is -2.21. The lowest BCUT2D eigenvalue weighted by molar-refractivity contribution is 0.367. The van der Waals surface area contributed by atoms with Crippen molar-refractivity contribution in [3.63, 3.8) is 0 Å². The van der Waals surface area contributed by atoms with Crippen LogP contribution in [0.25, 0.3) is 0 Å². The van der Waals surface area contributed by atoms with E-state index in [-0.39, 0.29) is 0 Å². The van der Waals surface area contributed by atoms with Gasteiger partial charge in [-0.25, -0.2) is 0 Å². The van der Waals surface area contributed by atoms with Crippen LogP contribution in [-0.4, -0.2) is 36.0 Å². The van der Waals surface area contributed by atoms with E-state index in [0.717, 1.165) is 13.1 Å². The molecule has 0 aromatic carbocycles. The first kappa shape index (κ1) is 12.0. The zero-order chi connectivity index (χ0) is 11.8. The Balaban J connectivity index is 1.49. The summed E-state index contributed by atoms with van der Waals surface area (Å²) in [4.78, 5) is 4.76. The van der Waals surface area contributed by atoms with E-state index in [0.29, 0.717) is 0 Å². The Morgan fingerprint density at radius 1 is 0.647 bits per heavy atom. The van der Waals surface area contributed by atoms with Crippen LogP contribution < -0.4 is 0 Å². The highest BCUT2D eigenvalue weighted by Crippen LogP contribution is 2.05. The molecule has 0 aliphatic carbocycles. The maximum absolute atomic E-state index is 2.38. The minimum Gasteiger partial charge on any atom is -0.374 e. The molecule has 2 aliphatic rings. The summed E-state index contributed by atoms with van der Waals surface area (Å²) in [7, 11) is 0. The molecule has 0 saturated carbocycles. The highest BCUT2D eigenvalue weighted by atomic mass is 15.1. The normalized spacial score (nSPS) is 18.1. The molecule has 17 heavy (non-hydrogen) atoms.